The van der Waals surface area contributed by atoms with E-state index in [-0.39, 0.29) is 5.92 Å². The molecular weight excluding hydrogens is 472 g/mol. The van der Waals surface area contributed by atoms with Crippen molar-refractivity contribution in [1.82, 2.24) is 29.1 Å². The molecule has 0 aromatic carbocycles. The van der Waals surface area contributed by atoms with Crippen LogP contribution in [0.5, 0.6) is 0 Å². The van der Waals surface area contributed by atoms with Crippen LogP contribution < -0.4 is 0 Å². The van der Waals surface area contributed by atoms with Gasteiger partial charge in [-0.2, -0.15) is 0 Å². The van der Waals surface area contributed by atoms with Gasteiger partial charge in [0.05, 0.1) is 23.2 Å². The van der Waals surface area contributed by atoms with Crippen LogP contribution in [-0.2, 0) is 10.0 Å². The minimum atomic E-state index is -3.22. The summed E-state index contributed by atoms with van der Waals surface area (Å²) in [6, 6.07) is 2.06. The maximum Gasteiger partial charge on any atom is 0.214 e. The molecule has 3 aromatic rings. The van der Waals surface area contributed by atoms with Crippen LogP contribution in [0.4, 0.5) is 0 Å². The Morgan fingerprint density at radius 3 is 2.61 bits per heavy atom. The number of pyridine rings is 1. The number of H-pyrrole nitrogens is 1. The van der Waals surface area contributed by atoms with Crippen molar-refractivity contribution in [2.24, 2.45) is 11.8 Å². The Bertz CT molecular complexity index is 1320. The van der Waals surface area contributed by atoms with Crippen LogP contribution in [0.25, 0.3) is 21.9 Å². The molecule has 6 rings (SSSR count). The fraction of sp³-hybridized carbons (Fsp3) is 0.667. The van der Waals surface area contributed by atoms with Gasteiger partial charge < -0.3 is 9.88 Å². The second-order valence-electron chi connectivity index (χ2n) is 11.3. The van der Waals surface area contributed by atoms with Gasteiger partial charge in [0.1, 0.15) is 11.5 Å². The number of aromatic amines is 1. The maximum absolute atomic E-state index is 13.4. The molecule has 194 valence electrons. The van der Waals surface area contributed by atoms with Gasteiger partial charge in [-0.1, -0.05) is 0 Å². The predicted molar refractivity (Wildman–Crippen MR) is 142 cm³/mol. The molecule has 1 aliphatic carbocycles. The lowest BCUT2D eigenvalue weighted by Crippen LogP contribution is -2.45. The third-order valence-corrected chi connectivity index (χ3v) is 10.7. The van der Waals surface area contributed by atoms with Crippen LogP contribution in [0.1, 0.15) is 68.8 Å². The quantitative estimate of drug-likeness (QED) is 0.533. The highest BCUT2D eigenvalue weighted by Gasteiger charge is 2.34. The molecule has 3 aliphatic rings. The number of hydrogen-bond acceptors (Lipinski definition) is 6. The second-order valence-corrected chi connectivity index (χ2v) is 13.3. The average Bonchev–Trinajstić information content (AvgIpc) is 3.56. The number of rotatable bonds is 6. The third-order valence-electron chi connectivity index (χ3n) is 8.66. The number of nitrogens with zero attached hydrogens (tertiary/aromatic N) is 5. The minimum Gasteiger partial charge on any atom is -0.346 e. The number of hydrogen-bond donors (Lipinski definition) is 1. The molecule has 1 atom stereocenters. The van der Waals surface area contributed by atoms with Gasteiger partial charge in [0.15, 0.2) is 0 Å². The zero-order chi connectivity index (χ0) is 24.7. The highest BCUT2D eigenvalue weighted by Crippen LogP contribution is 2.40. The van der Waals surface area contributed by atoms with Crippen LogP contribution in [0.2, 0.25) is 0 Å². The zero-order valence-electron chi connectivity index (χ0n) is 21.3. The summed E-state index contributed by atoms with van der Waals surface area (Å²) >= 11 is 0. The smallest absolute Gasteiger partial charge is 0.214 e. The van der Waals surface area contributed by atoms with E-state index in [1.165, 1.54) is 25.9 Å². The van der Waals surface area contributed by atoms with Crippen molar-refractivity contribution >= 4 is 32.0 Å². The number of likely N-dealkylation sites (tertiary alicyclic amines) is 1. The number of fused-ring (bicyclic) bond motifs is 3. The molecule has 3 fully saturated rings. The molecule has 0 spiro atoms. The molecule has 0 radical (unpaired) electrons. The van der Waals surface area contributed by atoms with Crippen molar-refractivity contribution in [3.63, 3.8) is 0 Å². The topological polar surface area (TPSA) is 95.1 Å². The van der Waals surface area contributed by atoms with E-state index in [9.17, 15) is 8.42 Å². The summed E-state index contributed by atoms with van der Waals surface area (Å²) in [6.45, 7) is 6.77. The minimum absolute atomic E-state index is 0.230. The molecule has 1 saturated carbocycles. The molecule has 2 saturated heterocycles. The van der Waals surface area contributed by atoms with Crippen molar-refractivity contribution in [3.05, 3.63) is 30.0 Å². The fourth-order valence-corrected chi connectivity index (χ4v) is 8.83. The molecule has 0 bridgehead atoms. The summed E-state index contributed by atoms with van der Waals surface area (Å²) in [5, 5.41) is 2.17. The summed E-state index contributed by atoms with van der Waals surface area (Å²) in [7, 11) is -3.22. The second kappa shape index (κ2) is 9.99. The monoisotopic (exact) mass is 510 g/mol. The van der Waals surface area contributed by atoms with E-state index in [0.29, 0.717) is 30.7 Å². The third kappa shape index (κ3) is 4.89. The van der Waals surface area contributed by atoms with Gasteiger partial charge in [-0.15, -0.1) is 0 Å². The van der Waals surface area contributed by atoms with Crippen molar-refractivity contribution in [3.8, 4) is 0 Å². The lowest BCUT2D eigenvalue weighted by atomic mass is 9.80. The summed E-state index contributed by atoms with van der Waals surface area (Å²) in [5.41, 5.74) is 2.86. The maximum atomic E-state index is 13.4. The van der Waals surface area contributed by atoms with Gasteiger partial charge in [-0.3, -0.25) is 0 Å². The van der Waals surface area contributed by atoms with Crippen LogP contribution in [0, 0.1) is 18.8 Å². The fourth-order valence-electron chi connectivity index (χ4n) is 6.84. The lowest BCUT2D eigenvalue weighted by Gasteiger charge is -2.35. The molecule has 5 heterocycles. The first-order chi connectivity index (χ1) is 17.5. The van der Waals surface area contributed by atoms with E-state index in [2.05, 4.69) is 25.9 Å². The standard InChI is InChI=1S/C27H38N6O2S/c1-19-30-24-15-29-27-23(10-11-28-27)25(24)26(31-19)22-8-6-20(7-9-22)18-36(34,35)33-14-4-5-21(17-33)16-32-12-2-3-13-32/h10-11,15,20-22H,2-9,12-14,16-18H2,1H3,(H,28,29). The summed E-state index contributed by atoms with van der Waals surface area (Å²) in [5.74, 6) is 2.11. The first-order valence-corrected chi connectivity index (χ1v) is 15.4. The van der Waals surface area contributed by atoms with Crippen molar-refractivity contribution in [2.45, 2.75) is 64.2 Å². The van der Waals surface area contributed by atoms with E-state index < -0.39 is 10.0 Å². The number of aryl methyl sites for hydroxylation is 1. The summed E-state index contributed by atoms with van der Waals surface area (Å²) in [4.78, 5) is 19.8. The van der Waals surface area contributed by atoms with Gasteiger partial charge in [0, 0.05) is 42.5 Å². The van der Waals surface area contributed by atoms with Gasteiger partial charge in [-0.05, 0) is 89.3 Å². The van der Waals surface area contributed by atoms with Crippen molar-refractivity contribution < 1.29 is 8.42 Å². The number of piperidine rings is 1. The van der Waals surface area contributed by atoms with E-state index in [0.717, 1.165) is 78.5 Å². The molecule has 1 N–H and O–H groups in total. The van der Waals surface area contributed by atoms with Crippen LogP contribution >= 0.6 is 0 Å². The van der Waals surface area contributed by atoms with E-state index in [1.807, 2.05) is 23.6 Å². The molecule has 9 heteroatoms. The number of sulfonamides is 1. The molecule has 3 aromatic heterocycles. The Morgan fingerprint density at radius 1 is 1.00 bits per heavy atom. The first kappa shape index (κ1) is 24.2. The van der Waals surface area contributed by atoms with Crippen LogP contribution in [0.15, 0.2) is 18.5 Å². The average molecular weight is 511 g/mol. The summed E-state index contributed by atoms with van der Waals surface area (Å²) < 4.78 is 28.6. The van der Waals surface area contributed by atoms with E-state index in [4.69, 9.17) is 4.98 Å². The Labute approximate surface area is 213 Å². The molecule has 0 amide bonds. The van der Waals surface area contributed by atoms with Crippen molar-refractivity contribution in [2.75, 3.05) is 38.5 Å². The highest BCUT2D eigenvalue weighted by molar-refractivity contribution is 7.89. The highest BCUT2D eigenvalue weighted by atomic mass is 32.2. The van der Waals surface area contributed by atoms with Gasteiger partial charge in [-0.25, -0.2) is 27.7 Å². The molecule has 8 nitrogen and oxygen atoms in total. The van der Waals surface area contributed by atoms with Gasteiger partial charge in [0.25, 0.3) is 0 Å². The zero-order valence-corrected chi connectivity index (χ0v) is 22.1. The lowest BCUT2D eigenvalue weighted by molar-refractivity contribution is 0.199. The Morgan fingerprint density at radius 2 is 1.81 bits per heavy atom. The van der Waals surface area contributed by atoms with Gasteiger partial charge in [0.2, 0.25) is 10.0 Å². The Hall–Kier alpha value is -2.10. The number of aromatic nitrogens is 4. The van der Waals surface area contributed by atoms with Crippen molar-refractivity contribution in [1.29, 1.82) is 0 Å². The molecule has 36 heavy (non-hydrogen) atoms. The van der Waals surface area contributed by atoms with Crippen LogP contribution in [-0.4, -0.2) is 76.0 Å². The first-order valence-electron chi connectivity index (χ1n) is 13.8. The Balaban J connectivity index is 1.12. The molecule has 2 aliphatic heterocycles. The van der Waals surface area contributed by atoms with Crippen LogP contribution in [0.3, 0.4) is 0 Å². The normalized spacial score (nSPS) is 26.8. The largest absolute Gasteiger partial charge is 0.346 e. The number of nitrogens with one attached hydrogen (secondary N) is 1. The molecule has 1 unspecified atom stereocenters. The van der Waals surface area contributed by atoms with E-state index in [1.54, 1.807) is 0 Å². The SMILES string of the molecule is Cc1nc(C2CCC(CS(=O)(=O)N3CCCC(CN4CCCC4)C3)CC2)c2c(cnc3[nH]ccc32)n1. The van der Waals surface area contributed by atoms with E-state index >= 15 is 0 Å². The summed E-state index contributed by atoms with van der Waals surface area (Å²) in [6.07, 6.45) is 12.3. The Kier molecular flexibility index (Phi) is 6.73. The predicted octanol–water partition coefficient (Wildman–Crippen LogP) is 4.23. The molecular formula is C27H38N6O2S. The van der Waals surface area contributed by atoms with Gasteiger partial charge >= 0.3 is 0 Å².